The maximum Gasteiger partial charge on any atom is 0.436 e. The summed E-state index contributed by atoms with van der Waals surface area (Å²) >= 11 is 5.84. The molecule has 0 spiro atoms. The molecular weight excluding hydrogens is 393 g/mol. The number of alkyl halides is 3. The van der Waals surface area contributed by atoms with Crippen molar-refractivity contribution in [3.63, 3.8) is 0 Å². The highest BCUT2D eigenvalue weighted by molar-refractivity contribution is 6.32. The average Bonchev–Trinajstić information content (AvgIpc) is 3.17. The van der Waals surface area contributed by atoms with E-state index in [4.69, 9.17) is 11.6 Å². The lowest BCUT2D eigenvalue weighted by molar-refractivity contribution is -0.385. The van der Waals surface area contributed by atoms with Crippen molar-refractivity contribution in [2.75, 3.05) is 6.54 Å². The third-order valence-corrected chi connectivity index (χ3v) is 4.32. The molecule has 13 heteroatoms. The van der Waals surface area contributed by atoms with E-state index in [1.807, 2.05) is 0 Å². The molecule has 1 amide bonds. The molecule has 1 N–H and O–H groups in total. The molecule has 1 aliphatic carbocycles. The summed E-state index contributed by atoms with van der Waals surface area (Å²) in [6.07, 6.45) is -1.02. The summed E-state index contributed by atoms with van der Waals surface area (Å²) in [5, 5.41) is 19.9. The van der Waals surface area contributed by atoms with Gasteiger partial charge in [0.25, 0.3) is 0 Å². The van der Waals surface area contributed by atoms with Crippen LogP contribution in [-0.2, 0) is 24.1 Å². The van der Waals surface area contributed by atoms with Crippen LogP contribution in [0.3, 0.4) is 0 Å². The SMILES string of the molecule is O=C(Cn1nc(C(F)(F)F)c(Cl)c1C1CC1)NCCn1cc([N+](=O)[O-])cn1. The Morgan fingerprint density at radius 2 is 2.15 bits per heavy atom. The van der Waals surface area contributed by atoms with Crippen molar-refractivity contribution >= 4 is 23.2 Å². The standard InChI is InChI=1S/C14H14ClF3N6O3/c15-11-12(8-1-2-8)23(21-13(11)14(16,17)18)7-10(25)19-3-4-22-6-9(5-20-22)24(26)27/h5-6,8H,1-4,7H2,(H,19,25). The molecule has 0 aromatic carbocycles. The predicted molar refractivity (Wildman–Crippen MR) is 86.1 cm³/mol. The summed E-state index contributed by atoms with van der Waals surface area (Å²) in [6, 6.07) is 0. The molecule has 0 saturated heterocycles. The lowest BCUT2D eigenvalue weighted by Gasteiger charge is -2.08. The van der Waals surface area contributed by atoms with Crippen LogP contribution in [0, 0.1) is 10.1 Å². The zero-order chi connectivity index (χ0) is 19.8. The molecule has 2 aromatic rings. The average molecular weight is 407 g/mol. The summed E-state index contributed by atoms with van der Waals surface area (Å²) in [7, 11) is 0. The Bertz CT molecular complexity index is 874. The zero-order valence-corrected chi connectivity index (χ0v) is 14.5. The number of carbonyl (C=O) groups is 1. The maximum absolute atomic E-state index is 13.0. The summed E-state index contributed by atoms with van der Waals surface area (Å²) < 4.78 is 41.3. The van der Waals surface area contributed by atoms with Crippen molar-refractivity contribution in [1.29, 1.82) is 0 Å². The van der Waals surface area contributed by atoms with E-state index in [0.717, 1.165) is 10.9 Å². The number of aromatic nitrogens is 4. The molecule has 9 nitrogen and oxygen atoms in total. The molecule has 3 rings (SSSR count). The quantitative estimate of drug-likeness (QED) is 0.561. The number of amides is 1. The molecule has 2 aromatic heterocycles. The largest absolute Gasteiger partial charge is 0.436 e. The molecule has 1 saturated carbocycles. The van der Waals surface area contributed by atoms with E-state index in [1.54, 1.807) is 0 Å². The number of hydrogen-bond acceptors (Lipinski definition) is 5. The van der Waals surface area contributed by atoms with E-state index < -0.39 is 34.3 Å². The van der Waals surface area contributed by atoms with Crippen LogP contribution in [0.15, 0.2) is 12.4 Å². The van der Waals surface area contributed by atoms with E-state index in [2.05, 4.69) is 15.5 Å². The monoisotopic (exact) mass is 406 g/mol. The number of nitrogens with zero attached hydrogens (tertiary/aromatic N) is 5. The van der Waals surface area contributed by atoms with Gasteiger partial charge in [0.2, 0.25) is 5.91 Å². The minimum atomic E-state index is -4.70. The Balaban J connectivity index is 1.61. The van der Waals surface area contributed by atoms with Gasteiger partial charge in [0.1, 0.15) is 18.9 Å². The third kappa shape index (κ3) is 4.38. The molecular formula is C14H14ClF3N6O3. The molecule has 27 heavy (non-hydrogen) atoms. The normalized spacial score (nSPS) is 14.4. The third-order valence-electron chi connectivity index (χ3n) is 3.95. The van der Waals surface area contributed by atoms with Crippen LogP contribution in [0.2, 0.25) is 5.02 Å². The number of rotatable bonds is 7. The molecule has 0 bridgehead atoms. The highest BCUT2D eigenvalue weighted by atomic mass is 35.5. The second-order valence-corrected chi connectivity index (χ2v) is 6.42. The van der Waals surface area contributed by atoms with Crippen molar-refractivity contribution in [3.05, 3.63) is 38.9 Å². The topological polar surface area (TPSA) is 108 Å². The summed E-state index contributed by atoms with van der Waals surface area (Å²) in [6.45, 7) is -0.138. The molecule has 146 valence electrons. The van der Waals surface area contributed by atoms with Gasteiger partial charge in [0, 0.05) is 12.5 Å². The van der Waals surface area contributed by atoms with Gasteiger partial charge >= 0.3 is 11.9 Å². The van der Waals surface area contributed by atoms with Gasteiger partial charge in [-0.05, 0) is 12.8 Å². The first kappa shape index (κ1) is 19.1. The van der Waals surface area contributed by atoms with Crippen LogP contribution >= 0.6 is 11.6 Å². The number of nitrogens with one attached hydrogen (secondary N) is 1. The van der Waals surface area contributed by atoms with Crippen molar-refractivity contribution in [1.82, 2.24) is 24.9 Å². The fourth-order valence-corrected chi connectivity index (χ4v) is 2.97. The van der Waals surface area contributed by atoms with Gasteiger partial charge in [-0.1, -0.05) is 11.6 Å². The van der Waals surface area contributed by atoms with Gasteiger partial charge in [0.15, 0.2) is 5.69 Å². The summed E-state index contributed by atoms with van der Waals surface area (Å²) in [5.41, 5.74) is -1.15. The zero-order valence-electron chi connectivity index (χ0n) is 13.7. The fraction of sp³-hybridized carbons (Fsp3) is 0.500. The lowest BCUT2D eigenvalue weighted by atomic mass is 10.2. The van der Waals surface area contributed by atoms with Crippen molar-refractivity contribution < 1.29 is 22.9 Å². The molecule has 1 fully saturated rings. The molecule has 2 heterocycles. The van der Waals surface area contributed by atoms with Crippen LogP contribution in [0.1, 0.15) is 30.1 Å². The van der Waals surface area contributed by atoms with Gasteiger partial charge in [0.05, 0.1) is 22.2 Å². The van der Waals surface area contributed by atoms with E-state index in [9.17, 15) is 28.1 Å². The highest BCUT2D eigenvalue weighted by Gasteiger charge is 2.42. The van der Waals surface area contributed by atoms with Gasteiger partial charge in [-0.3, -0.25) is 24.3 Å². The molecule has 0 atom stereocenters. The smallest absolute Gasteiger partial charge is 0.353 e. The van der Waals surface area contributed by atoms with Crippen LogP contribution in [0.25, 0.3) is 0 Å². The minimum Gasteiger partial charge on any atom is -0.353 e. The maximum atomic E-state index is 13.0. The van der Waals surface area contributed by atoms with Crippen molar-refractivity contribution in [2.24, 2.45) is 0 Å². The van der Waals surface area contributed by atoms with Crippen LogP contribution in [0.4, 0.5) is 18.9 Å². The van der Waals surface area contributed by atoms with E-state index in [0.29, 0.717) is 12.8 Å². The first-order valence-electron chi connectivity index (χ1n) is 7.93. The van der Waals surface area contributed by atoms with Crippen LogP contribution in [-0.4, -0.2) is 36.9 Å². The Hall–Kier alpha value is -2.63. The Kier molecular flexibility index (Phi) is 5.09. The first-order valence-corrected chi connectivity index (χ1v) is 8.31. The van der Waals surface area contributed by atoms with Crippen LogP contribution < -0.4 is 5.32 Å². The second-order valence-electron chi connectivity index (χ2n) is 6.05. The van der Waals surface area contributed by atoms with Crippen molar-refractivity contribution in [2.45, 2.75) is 38.0 Å². The number of nitro groups is 1. The van der Waals surface area contributed by atoms with E-state index in [1.165, 1.54) is 10.9 Å². The Labute approximate surface area is 155 Å². The van der Waals surface area contributed by atoms with Gasteiger partial charge < -0.3 is 5.32 Å². The van der Waals surface area contributed by atoms with Gasteiger partial charge in [-0.2, -0.15) is 23.4 Å². The number of halogens is 4. The minimum absolute atomic E-state index is 0.0948. The highest BCUT2D eigenvalue weighted by Crippen LogP contribution is 2.46. The summed E-state index contributed by atoms with van der Waals surface area (Å²) in [4.78, 5) is 22.0. The summed E-state index contributed by atoms with van der Waals surface area (Å²) in [5.74, 6) is -0.676. The van der Waals surface area contributed by atoms with E-state index >= 15 is 0 Å². The van der Waals surface area contributed by atoms with Gasteiger partial charge in [-0.25, -0.2) is 0 Å². The predicted octanol–water partition coefficient (Wildman–Crippen LogP) is 2.35. The molecule has 0 unspecified atom stereocenters. The van der Waals surface area contributed by atoms with Crippen molar-refractivity contribution in [3.8, 4) is 0 Å². The van der Waals surface area contributed by atoms with Gasteiger partial charge in [-0.15, -0.1) is 0 Å². The Morgan fingerprint density at radius 3 is 2.70 bits per heavy atom. The van der Waals surface area contributed by atoms with E-state index in [-0.39, 0.29) is 30.4 Å². The fourth-order valence-electron chi connectivity index (χ4n) is 2.57. The molecule has 0 aliphatic heterocycles. The second kappa shape index (κ2) is 7.18. The number of hydrogen-bond donors (Lipinski definition) is 1. The molecule has 1 aliphatic rings. The van der Waals surface area contributed by atoms with Crippen LogP contribution in [0.5, 0.6) is 0 Å². The first-order chi connectivity index (χ1) is 12.7. The molecule has 0 radical (unpaired) electrons. The number of carbonyl (C=O) groups excluding carboxylic acids is 1. The Morgan fingerprint density at radius 1 is 1.44 bits per heavy atom. The lowest BCUT2D eigenvalue weighted by Crippen LogP contribution is -2.31.